The highest BCUT2D eigenvalue weighted by atomic mass is 35.5. The molecule has 2 N–H and O–H groups in total. The zero-order chi connectivity index (χ0) is 18.4. The first-order valence-electron chi connectivity index (χ1n) is 8.08. The van der Waals surface area contributed by atoms with Gasteiger partial charge >= 0.3 is 0 Å². The summed E-state index contributed by atoms with van der Waals surface area (Å²) in [5, 5.41) is 6.69. The summed E-state index contributed by atoms with van der Waals surface area (Å²) < 4.78 is 12.9. The van der Waals surface area contributed by atoms with Crippen LogP contribution in [0.2, 0.25) is 5.02 Å². The van der Waals surface area contributed by atoms with Crippen LogP contribution in [0.25, 0.3) is 0 Å². The average molecular weight is 370 g/mol. The van der Waals surface area contributed by atoms with Gasteiger partial charge in [-0.25, -0.2) is 4.39 Å². The van der Waals surface area contributed by atoms with Gasteiger partial charge in [-0.2, -0.15) is 0 Å². The molecule has 1 heterocycles. The van der Waals surface area contributed by atoms with Gasteiger partial charge in [0.1, 0.15) is 11.5 Å². The molecule has 0 radical (unpaired) electrons. The lowest BCUT2D eigenvalue weighted by molar-refractivity contribution is 0.0946. The molecule has 3 aromatic rings. The average Bonchev–Trinajstić information content (AvgIpc) is 2.67. The van der Waals surface area contributed by atoms with Gasteiger partial charge in [-0.3, -0.25) is 9.78 Å². The van der Waals surface area contributed by atoms with Crippen LogP contribution in [-0.4, -0.2) is 10.9 Å². The number of nitrogens with one attached hydrogen (secondary N) is 2. The lowest BCUT2D eigenvalue weighted by Crippen LogP contribution is -2.23. The summed E-state index contributed by atoms with van der Waals surface area (Å²) in [7, 11) is 0. The van der Waals surface area contributed by atoms with Crippen molar-refractivity contribution in [2.24, 2.45) is 0 Å². The maximum Gasteiger partial charge on any atom is 0.270 e. The van der Waals surface area contributed by atoms with E-state index in [4.69, 9.17) is 11.6 Å². The maximum atomic E-state index is 12.9. The van der Waals surface area contributed by atoms with Gasteiger partial charge in [-0.1, -0.05) is 41.9 Å². The minimum absolute atomic E-state index is 0.296. The maximum absolute atomic E-state index is 12.9. The molecule has 0 aliphatic heterocycles. The predicted octanol–water partition coefficient (Wildman–Crippen LogP) is 4.42. The number of amides is 1. The molecule has 0 bridgehead atoms. The Labute approximate surface area is 156 Å². The fraction of sp³-hybridized carbons (Fsp3) is 0.100. The third-order valence-electron chi connectivity index (χ3n) is 3.80. The first-order valence-corrected chi connectivity index (χ1v) is 8.45. The summed E-state index contributed by atoms with van der Waals surface area (Å²) in [6.45, 7) is 0.846. The summed E-state index contributed by atoms with van der Waals surface area (Å²) in [5.74, 6) is -0.602. The van der Waals surface area contributed by atoms with Gasteiger partial charge in [0, 0.05) is 30.0 Å². The van der Waals surface area contributed by atoms with E-state index < -0.39 is 0 Å². The molecule has 1 aromatic heterocycles. The quantitative estimate of drug-likeness (QED) is 0.676. The Hall–Kier alpha value is -2.92. The van der Waals surface area contributed by atoms with E-state index in [9.17, 15) is 9.18 Å². The topological polar surface area (TPSA) is 54.0 Å². The molecule has 2 aromatic carbocycles. The van der Waals surface area contributed by atoms with E-state index in [1.807, 2.05) is 24.3 Å². The lowest BCUT2D eigenvalue weighted by atomic mass is 10.2. The number of aromatic nitrogens is 1. The Morgan fingerprint density at radius 2 is 1.81 bits per heavy atom. The number of rotatable bonds is 6. The van der Waals surface area contributed by atoms with Crippen molar-refractivity contribution in [2.45, 2.75) is 13.1 Å². The van der Waals surface area contributed by atoms with Crippen LogP contribution < -0.4 is 10.6 Å². The van der Waals surface area contributed by atoms with Crippen LogP contribution in [0.4, 0.5) is 10.1 Å². The Bertz CT molecular complexity index is 900. The van der Waals surface area contributed by atoms with Gasteiger partial charge in [0.15, 0.2) is 0 Å². The molecule has 0 saturated carbocycles. The second kappa shape index (κ2) is 8.45. The number of carbonyl (C=O) groups is 1. The minimum atomic E-state index is -0.306. The fourth-order valence-electron chi connectivity index (χ4n) is 2.38. The second-order valence-electron chi connectivity index (χ2n) is 5.68. The fourth-order valence-corrected chi connectivity index (χ4v) is 2.58. The number of benzene rings is 2. The van der Waals surface area contributed by atoms with Crippen LogP contribution >= 0.6 is 11.6 Å². The molecule has 0 unspecified atom stereocenters. The van der Waals surface area contributed by atoms with Crippen molar-refractivity contribution in [2.75, 3.05) is 5.32 Å². The second-order valence-corrected chi connectivity index (χ2v) is 6.09. The van der Waals surface area contributed by atoms with Gasteiger partial charge in [0.05, 0.1) is 0 Å². The Kier molecular flexibility index (Phi) is 5.81. The van der Waals surface area contributed by atoms with Gasteiger partial charge < -0.3 is 10.6 Å². The monoisotopic (exact) mass is 369 g/mol. The highest BCUT2D eigenvalue weighted by Gasteiger charge is 2.08. The summed E-state index contributed by atoms with van der Waals surface area (Å²) in [5.41, 5.74) is 2.85. The number of nitrogens with zero attached hydrogens (tertiary/aromatic N) is 1. The van der Waals surface area contributed by atoms with E-state index in [1.165, 1.54) is 12.1 Å². The van der Waals surface area contributed by atoms with E-state index in [-0.39, 0.29) is 11.7 Å². The standard InChI is InChI=1S/C20H17ClFN3O/c21-18-4-2-1-3-15(18)13-24-17-9-10-23-19(11-17)20(26)25-12-14-5-7-16(22)8-6-14/h1-11H,12-13H2,(H,23,24)(H,25,26). The normalized spacial score (nSPS) is 10.4. The molecule has 132 valence electrons. The number of hydrogen-bond acceptors (Lipinski definition) is 3. The summed E-state index contributed by atoms with van der Waals surface area (Å²) in [6, 6.07) is 17.0. The van der Waals surface area contributed by atoms with Crippen LogP contribution in [0.1, 0.15) is 21.6 Å². The third-order valence-corrected chi connectivity index (χ3v) is 4.17. The minimum Gasteiger partial charge on any atom is -0.381 e. The van der Waals surface area contributed by atoms with Crippen molar-refractivity contribution >= 4 is 23.2 Å². The molecule has 0 aliphatic rings. The molecule has 0 spiro atoms. The first kappa shape index (κ1) is 17.9. The highest BCUT2D eigenvalue weighted by Crippen LogP contribution is 2.17. The molecule has 0 atom stereocenters. The molecule has 0 fully saturated rings. The molecule has 3 rings (SSSR count). The summed E-state index contributed by atoms with van der Waals surface area (Å²) >= 11 is 6.14. The number of pyridine rings is 1. The molecule has 4 nitrogen and oxygen atoms in total. The number of halogens is 2. The first-order chi connectivity index (χ1) is 12.6. The van der Waals surface area contributed by atoms with E-state index in [1.54, 1.807) is 30.5 Å². The highest BCUT2D eigenvalue weighted by molar-refractivity contribution is 6.31. The van der Waals surface area contributed by atoms with Gasteiger partial charge in [0.2, 0.25) is 0 Å². The van der Waals surface area contributed by atoms with Crippen LogP contribution in [0.3, 0.4) is 0 Å². The Balaban J connectivity index is 1.60. The number of anilines is 1. The van der Waals surface area contributed by atoms with Crippen LogP contribution in [0.15, 0.2) is 66.9 Å². The molecular weight excluding hydrogens is 353 g/mol. The predicted molar refractivity (Wildman–Crippen MR) is 101 cm³/mol. The summed E-state index contributed by atoms with van der Waals surface area (Å²) in [6.07, 6.45) is 1.57. The lowest BCUT2D eigenvalue weighted by Gasteiger charge is -2.09. The molecule has 1 amide bonds. The molecule has 0 saturated heterocycles. The van der Waals surface area contributed by atoms with Crippen molar-refractivity contribution in [3.63, 3.8) is 0 Å². The molecule has 0 aliphatic carbocycles. The number of carbonyl (C=O) groups excluding carboxylic acids is 1. The van der Waals surface area contributed by atoms with Crippen LogP contribution in [-0.2, 0) is 13.1 Å². The molecule has 26 heavy (non-hydrogen) atoms. The van der Waals surface area contributed by atoms with Crippen LogP contribution in [0.5, 0.6) is 0 Å². The van der Waals surface area contributed by atoms with Crippen molar-refractivity contribution in [1.82, 2.24) is 10.3 Å². The van der Waals surface area contributed by atoms with E-state index in [0.29, 0.717) is 23.8 Å². The Morgan fingerprint density at radius 1 is 1.04 bits per heavy atom. The van der Waals surface area contributed by atoms with E-state index in [2.05, 4.69) is 15.6 Å². The van der Waals surface area contributed by atoms with Crippen molar-refractivity contribution in [1.29, 1.82) is 0 Å². The zero-order valence-electron chi connectivity index (χ0n) is 13.9. The third kappa shape index (κ3) is 4.80. The van der Waals surface area contributed by atoms with E-state index >= 15 is 0 Å². The SMILES string of the molecule is O=C(NCc1ccc(F)cc1)c1cc(NCc2ccccc2Cl)ccn1. The van der Waals surface area contributed by atoms with Crippen molar-refractivity contribution in [3.05, 3.63) is 94.5 Å². The zero-order valence-corrected chi connectivity index (χ0v) is 14.6. The van der Waals surface area contributed by atoms with Crippen molar-refractivity contribution < 1.29 is 9.18 Å². The Morgan fingerprint density at radius 3 is 2.58 bits per heavy atom. The largest absolute Gasteiger partial charge is 0.381 e. The van der Waals surface area contributed by atoms with Gasteiger partial charge in [-0.05, 0) is 41.5 Å². The van der Waals surface area contributed by atoms with Gasteiger partial charge in [0.25, 0.3) is 5.91 Å². The molecule has 6 heteroatoms. The van der Waals surface area contributed by atoms with Crippen LogP contribution in [0, 0.1) is 5.82 Å². The smallest absolute Gasteiger partial charge is 0.270 e. The molecular formula is C20H17ClFN3O. The van der Waals surface area contributed by atoms with E-state index in [0.717, 1.165) is 16.8 Å². The number of hydrogen-bond donors (Lipinski definition) is 2. The summed E-state index contributed by atoms with van der Waals surface area (Å²) in [4.78, 5) is 16.4. The van der Waals surface area contributed by atoms with Crippen molar-refractivity contribution in [3.8, 4) is 0 Å². The van der Waals surface area contributed by atoms with Gasteiger partial charge in [-0.15, -0.1) is 0 Å².